The van der Waals surface area contributed by atoms with Crippen LogP contribution in [-0.4, -0.2) is 24.7 Å². The molecule has 0 fully saturated rings. The maximum absolute atomic E-state index is 11.5. The summed E-state index contributed by atoms with van der Waals surface area (Å²) in [5.74, 6) is 0.719. The van der Waals surface area contributed by atoms with Crippen molar-refractivity contribution in [3.8, 4) is 0 Å². The lowest BCUT2D eigenvalue weighted by Crippen LogP contribution is -2.51. The molecule has 1 heterocycles. The molecule has 4 nitrogen and oxygen atoms in total. The minimum absolute atomic E-state index is 0.217. The van der Waals surface area contributed by atoms with Gasteiger partial charge in [-0.3, -0.25) is 10.1 Å². The quantitative estimate of drug-likeness (QED) is 0.773. The zero-order valence-electron chi connectivity index (χ0n) is 10.9. The molecular weight excluding hydrogens is 218 g/mol. The topological polar surface area (TPSA) is 51.5 Å². The fourth-order valence-electron chi connectivity index (χ4n) is 1.82. The number of esters is 1. The van der Waals surface area contributed by atoms with Gasteiger partial charge in [-0.15, -0.1) is 0 Å². The van der Waals surface area contributed by atoms with Gasteiger partial charge in [0.25, 0.3) is 0 Å². The highest BCUT2D eigenvalue weighted by Crippen LogP contribution is 2.10. The van der Waals surface area contributed by atoms with Gasteiger partial charge in [0.15, 0.2) is 0 Å². The van der Waals surface area contributed by atoms with Gasteiger partial charge in [0.05, 0.1) is 13.4 Å². The Morgan fingerprint density at radius 2 is 2.29 bits per heavy atom. The third-order valence-electron chi connectivity index (χ3n) is 2.71. The van der Waals surface area contributed by atoms with Crippen LogP contribution in [0, 0.1) is 0 Å². The molecule has 0 aliphatic heterocycles. The number of hydrogen-bond acceptors (Lipinski definition) is 4. The molecule has 0 aliphatic rings. The molecule has 0 bridgehead atoms. The van der Waals surface area contributed by atoms with Crippen LogP contribution in [0.5, 0.6) is 0 Å². The Hall–Kier alpha value is -1.29. The monoisotopic (exact) mass is 239 g/mol. The first-order valence-electron chi connectivity index (χ1n) is 5.84. The molecule has 1 N–H and O–H groups in total. The summed E-state index contributed by atoms with van der Waals surface area (Å²) in [7, 11) is 1.40. The lowest BCUT2D eigenvalue weighted by molar-refractivity contribution is -0.147. The largest absolute Gasteiger partial charge is 0.469 e. The molecule has 0 amide bonds. The van der Waals surface area contributed by atoms with Gasteiger partial charge in [-0.05, 0) is 39.3 Å². The van der Waals surface area contributed by atoms with Crippen LogP contribution in [-0.2, 0) is 16.0 Å². The Balaban J connectivity index is 2.38. The molecule has 1 unspecified atom stereocenters. The molecule has 0 aliphatic carbocycles. The van der Waals surface area contributed by atoms with E-state index in [1.807, 2.05) is 32.9 Å². The molecule has 0 radical (unpaired) electrons. The average Bonchev–Trinajstić information content (AvgIpc) is 2.77. The molecular formula is C13H21NO3. The normalized spacial score (nSPS) is 13.4. The lowest BCUT2D eigenvalue weighted by atomic mass is 10.0. The standard InChI is InChI=1S/C13H21NO3/c1-10(7-8-11-6-5-9-17-11)14-13(2,3)12(15)16-4/h5-6,9-10,14H,7-8H2,1-4H3. The summed E-state index contributed by atoms with van der Waals surface area (Å²) in [5.41, 5.74) is -0.655. The molecule has 0 spiro atoms. The molecule has 1 aromatic heterocycles. The Kier molecular flexibility index (Phi) is 4.75. The van der Waals surface area contributed by atoms with E-state index in [0.717, 1.165) is 18.6 Å². The maximum Gasteiger partial charge on any atom is 0.325 e. The zero-order valence-corrected chi connectivity index (χ0v) is 10.9. The van der Waals surface area contributed by atoms with E-state index in [9.17, 15) is 4.79 Å². The van der Waals surface area contributed by atoms with E-state index in [0.29, 0.717) is 0 Å². The summed E-state index contributed by atoms with van der Waals surface area (Å²) in [5, 5.41) is 3.25. The van der Waals surface area contributed by atoms with E-state index >= 15 is 0 Å². The number of methoxy groups -OCH3 is 1. The third-order valence-corrected chi connectivity index (χ3v) is 2.71. The molecule has 0 saturated heterocycles. The Morgan fingerprint density at radius 3 is 2.82 bits per heavy atom. The van der Waals surface area contributed by atoms with Crippen LogP contribution in [0.25, 0.3) is 0 Å². The van der Waals surface area contributed by atoms with Crippen molar-refractivity contribution in [2.24, 2.45) is 0 Å². The van der Waals surface area contributed by atoms with Crippen LogP contribution in [0.3, 0.4) is 0 Å². The number of aryl methyl sites for hydroxylation is 1. The summed E-state index contributed by atoms with van der Waals surface area (Å²) in [4.78, 5) is 11.5. The number of carbonyl (C=O) groups is 1. The van der Waals surface area contributed by atoms with E-state index in [4.69, 9.17) is 9.15 Å². The maximum atomic E-state index is 11.5. The fourth-order valence-corrected chi connectivity index (χ4v) is 1.82. The van der Waals surface area contributed by atoms with Crippen molar-refractivity contribution >= 4 is 5.97 Å². The van der Waals surface area contributed by atoms with Gasteiger partial charge in [0.2, 0.25) is 0 Å². The summed E-state index contributed by atoms with van der Waals surface area (Å²) in [6.07, 6.45) is 3.44. The molecule has 0 aromatic carbocycles. The fraction of sp³-hybridized carbons (Fsp3) is 0.615. The molecule has 4 heteroatoms. The highest BCUT2D eigenvalue weighted by atomic mass is 16.5. The first kappa shape index (κ1) is 13.8. The van der Waals surface area contributed by atoms with Crippen molar-refractivity contribution in [3.63, 3.8) is 0 Å². The Morgan fingerprint density at radius 1 is 1.59 bits per heavy atom. The number of ether oxygens (including phenoxy) is 1. The molecule has 17 heavy (non-hydrogen) atoms. The van der Waals surface area contributed by atoms with Crippen LogP contribution in [0.1, 0.15) is 33.0 Å². The second kappa shape index (κ2) is 5.87. The summed E-state index contributed by atoms with van der Waals surface area (Å²) >= 11 is 0. The molecule has 0 saturated carbocycles. The first-order chi connectivity index (χ1) is 7.95. The average molecular weight is 239 g/mol. The van der Waals surface area contributed by atoms with Crippen LogP contribution >= 0.6 is 0 Å². The van der Waals surface area contributed by atoms with E-state index in [1.165, 1.54) is 7.11 Å². The second-order valence-electron chi connectivity index (χ2n) is 4.78. The van der Waals surface area contributed by atoms with E-state index in [1.54, 1.807) is 6.26 Å². The van der Waals surface area contributed by atoms with Crippen molar-refractivity contribution in [2.45, 2.75) is 45.2 Å². The summed E-state index contributed by atoms with van der Waals surface area (Å²) in [6, 6.07) is 4.05. The molecule has 1 rings (SSSR count). The van der Waals surface area contributed by atoms with Gasteiger partial charge in [0.1, 0.15) is 11.3 Å². The number of hydrogen-bond donors (Lipinski definition) is 1. The van der Waals surface area contributed by atoms with Crippen molar-refractivity contribution in [1.82, 2.24) is 5.32 Å². The smallest absolute Gasteiger partial charge is 0.325 e. The van der Waals surface area contributed by atoms with Crippen molar-refractivity contribution in [3.05, 3.63) is 24.2 Å². The lowest BCUT2D eigenvalue weighted by Gasteiger charge is -2.27. The van der Waals surface area contributed by atoms with E-state index in [2.05, 4.69) is 5.32 Å². The van der Waals surface area contributed by atoms with Gasteiger partial charge < -0.3 is 9.15 Å². The number of furan rings is 1. The van der Waals surface area contributed by atoms with Gasteiger partial charge in [-0.25, -0.2) is 0 Å². The molecule has 1 atom stereocenters. The summed E-state index contributed by atoms with van der Waals surface area (Å²) < 4.78 is 10.0. The first-order valence-corrected chi connectivity index (χ1v) is 5.84. The van der Waals surface area contributed by atoms with Crippen molar-refractivity contribution in [2.75, 3.05) is 7.11 Å². The van der Waals surface area contributed by atoms with Gasteiger partial charge in [0, 0.05) is 12.5 Å². The minimum atomic E-state index is -0.655. The van der Waals surface area contributed by atoms with E-state index in [-0.39, 0.29) is 12.0 Å². The number of nitrogens with one attached hydrogen (secondary N) is 1. The minimum Gasteiger partial charge on any atom is -0.469 e. The van der Waals surface area contributed by atoms with Gasteiger partial charge in [-0.1, -0.05) is 0 Å². The SMILES string of the molecule is COC(=O)C(C)(C)NC(C)CCc1ccco1. The highest BCUT2D eigenvalue weighted by molar-refractivity contribution is 5.79. The predicted octanol–water partition coefficient (Wildman–Crippen LogP) is 2.14. The van der Waals surface area contributed by atoms with E-state index < -0.39 is 5.54 Å². The summed E-state index contributed by atoms with van der Waals surface area (Å²) in [6.45, 7) is 5.69. The molecule has 96 valence electrons. The van der Waals surface area contributed by atoms with Crippen LogP contribution in [0.15, 0.2) is 22.8 Å². The van der Waals surface area contributed by atoms with Crippen LogP contribution in [0.2, 0.25) is 0 Å². The van der Waals surface area contributed by atoms with Crippen molar-refractivity contribution < 1.29 is 13.9 Å². The highest BCUT2D eigenvalue weighted by Gasteiger charge is 2.29. The molecule has 1 aromatic rings. The number of rotatable bonds is 6. The third kappa shape index (κ3) is 4.23. The zero-order chi connectivity index (χ0) is 12.9. The Labute approximate surface area is 102 Å². The van der Waals surface area contributed by atoms with Crippen molar-refractivity contribution in [1.29, 1.82) is 0 Å². The van der Waals surface area contributed by atoms with Gasteiger partial charge in [-0.2, -0.15) is 0 Å². The van der Waals surface area contributed by atoms with Crippen LogP contribution < -0.4 is 5.32 Å². The van der Waals surface area contributed by atoms with Crippen LogP contribution in [0.4, 0.5) is 0 Å². The Bertz CT molecular complexity index is 344. The second-order valence-corrected chi connectivity index (χ2v) is 4.78. The predicted molar refractivity (Wildman–Crippen MR) is 65.7 cm³/mol. The van der Waals surface area contributed by atoms with Gasteiger partial charge >= 0.3 is 5.97 Å². The number of carbonyl (C=O) groups excluding carboxylic acids is 1.